The highest BCUT2D eigenvalue weighted by Crippen LogP contribution is 2.50. The predicted octanol–water partition coefficient (Wildman–Crippen LogP) is 11.0. The normalized spacial score (nSPS) is 21.2. The van der Waals surface area contributed by atoms with E-state index >= 15 is 0 Å². The molecule has 3 heteroatoms. The lowest BCUT2D eigenvalue weighted by molar-refractivity contribution is 0.570. The van der Waals surface area contributed by atoms with Gasteiger partial charge in [0.25, 0.3) is 0 Å². The molecule has 4 aliphatic rings. The van der Waals surface area contributed by atoms with Crippen LogP contribution in [0.3, 0.4) is 0 Å². The number of hydrogen-bond acceptors (Lipinski definition) is 2. The number of rotatable bonds is 4. The van der Waals surface area contributed by atoms with E-state index in [1.807, 2.05) is 11.3 Å². The second-order valence-electron chi connectivity index (χ2n) is 14.8. The summed E-state index contributed by atoms with van der Waals surface area (Å²) in [6.45, 7) is 2.44. The van der Waals surface area contributed by atoms with Crippen molar-refractivity contribution in [2.75, 3.05) is 4.90 Å². The molecule has 250 valence electrons. The molecule has 3 heterocycles. The van der Waals surface area contributed by atoms with E-state index in [2.05, 4.69) is 180 Å². The largest absolute Gasteiger partial charge is 0.357 e. The number of hydrogen-bond donors (Lipinski definition) is 0. The van der Waals surface area contributed by atoms with Crippen LogP contribution in [-0.4, -0.2) is 16.7 Å². The fourth-order valence-electron chi connectivity index (χ4n) is 9.51. The average molecular weight is 687 g/mol. The molecule has 1 aliphatic heterocycles. The van der Waals surface area contributed by atoms with Crippen LogP contribution in [0.1, 0.15) is 53.2 Å². The van der Waals surface area contributed by atoms with Crippen LogP contribution in [0.15, 0.2) is 146 Å². The quantitative estimate of drug-likeness (QED) is 0.179. The number of fused-ring (bicyclic) bond motifs is 9. The lowest BCUT2D eigenvalue weighted by Crippen LogP contribution is -2.43. The van der Waals surface area contributed by atoms with Gasteiger partial charge in [0.2, 0.25) is 0 Å². The van der Waals surface area contributed by atoms with Crippen LogP contribution in [0.25, 0.3) is 61.6 Å². The average Bonchev–Trinajstić information content (AvgIpc) is 3.86. The summed E-state index contributed by atoms with van der Waals surface area (Å²) >= 11 is 1.98. The van der Waals surface area contributed by atoms with Crippen molar-refractivity contribution in [1.29, 1.82) is 0 Å². The van der Waals surface area contributed by atoms with E-state index < -0.39 is 0 Å². The summed E-state index contributed by atoms with van der Waals surface area (Å²) in [5, 5.41) is 5.35. The van der Waals surface area contributed by atoms with E-state index in [1.54, 1.807) is 0 Å². The highest BCUT2D eigenvalue weighted by atomic mass is 32.1. The van der Waals surface area contributed by atoms with Crippen LogP contribution in [0.2, 0.25) is 0 Å². The number of anilines is 1. The molecule has 0 radical (unpaired) electrons. The third-order valence-corrected chi connectivity index (χ3v) is 13.4. The lowest BCUT2D eigenvalue weighted by Gasteiger charge is -2.39. The Morgan fingerprint density at radius 2 is 1.58 bits per heavy atom. The minimum Gasteiger partial charge on any atom is -0.357 e. The number of para-hydroxylation sites is 1. The first-order chi connectivity index (χ1) is 25.7. The van der Waals surface area contributed by atoms with Crippen molar-refractivity contribution >= 4 is 61.8 Å². The molecule has 0 saturated carbocycles. The smallest absolute Gasteiger partial charge is 0.0590 e. The zero-order valence-electron chi connectivity index (χ0n) is 29.1. The highest BCUT2D eigenvalue weighted by molar-refractivity contribution is 7.19. The third kappa shape index (κ3) is 4.49. The van der Waals surface area contributed by atoms with Crippen molar-refractivity contribution in [1.82, 2.24) is 4.57 Å². The summed E-state index contributed by atoms with van der Waals surface area (Å²) in [6.07, 6.45) is 19.0. The molecule has 4 atom stereocenters. The number of allylic oxidation sites excluding steroid dienone is 2. The lowest BCUT2D eigenvalue weighted by atomic mass is 9.87. The van der Waals surface area contributed by atoms with Crippen LogP contribution in [0.5, 0.6) is 0 Å². The van der Waals surface area contributed by atoms with Gasteiger partial charge in [0.15, 0.2) is 0 Å². The molecule has 7 aromatic rings. The third-order valence-electron chi connectivity index (χ3n) is 12.0. The maximum absolute atomic E-state index is 2.74. The van der Waals surface area contributed by atoms with Gasteiger partial charge in [0.1, 0.15) is 0 Å². The van der Waals surface area contributed by atoms with Gasteiger partial charge in [0.05, 0.1) is 17.6 Å². The zero-order chi connectivity index (χ0) is 34.3. The van der Waals surface area contributed by atoms with E-state index in [1.165, 1.54) is 81.2 Å². The van der Waals surface area contributed by atoms with E-state index in [9.17, 15) is 0 Å². The maximum Gasteiger partial charge on any atom is 0.0590 e. The van der Waals surface area contributed by atoms with Gasteiger partial charge in [0, 0.05) is 54.3 Å². The van der Waals surface area contributed by atoms with E-state index in [0.717, 1.165) is 12.8 Å². The molecule has 0 N–H and O–H groups in total. The first kappa shape index (κ1) is 30.0. The van der Waals surface area contributed by atoms with Crippen molar-refractivity contribution in [2.24, 2.45) is 0 Å². The molecule has 2 nitrogen and oxygen atoms in total. The Morgan fingerprint density at radius 1 is 0.750 bits per heavy atom. The van der Waals surface area contributed by atoms with Gasteiger partial charge in [-0.25, -0.2) is 0 Å². The Hall–Kier alpha value is -5.64. The second-order valence-corrected chi connectivity index (χ2v) is 15.9. The van der Waals surface area contributed by atoms with Gasteiger partial charge < -0.3 is 9.47 Å². The Morgan fingerprint density at radius 3 is 2.50 bits per heavy atom. The molecular formula is C49H38N2S. The standard InChI is InChI=1S/C49H38N2S/c1-31-43(27-24-40-39-18-7-10-21-48(39)52-49(31)40)51-45-20-9-6-17-38(45)42-30-35(23-26-47(42)51)34-22-25-46-41(29-34)37-16-5-8-19-44(37)50(46)36-15-11-14-33(28-36)32-12-3-2-4-13-32/h2-19,21,23-31,34,43,45H,20,22H2,1H3. The molecule has 2 aromatic heterocycles. The second kappa shape index (κ2) is 11.7. The molecule has 0 fully saturated rings. The monoisotopic (exact) mass is 686 g/mol. The molecule has 0 bridgehead atoms. The van der Waals surface area contributed by atoms with Crippen molar-refractivity contribution < 1.29 is 0 Å². The van der Waals surface area contributed by atoms with Crippen molar-refractivity contribution in [3.8, 4) is 16.8 Å². The molecule has 3 aliphatic carbocycles. The summed E-state index contributed by atoms with van der Waals surface area (Å²) in [5.41, 5.74) is 12.0. The number of aromatic nitrogens is 1. The molecule has 0 spiro atoms. The van der Waals surface area contributed by atoms with Crippen LogP contribution in [-0.2, 0) is 0 Å². The summed E-state index contributed by atoms with van der Waals surface area (Å²) in [5.74, 6) is 0.732. The zero-order valence-corrected chi connectivity index (χ0v) is 29.9. The predicted molar refractivity (Wildman–Crippen MR) is 222 cm³/mol. The van der Waals surface area contributed by atoms with E-state index in [0.29, 0.717) is 23.9 Å². The molecule has 4 unspecified atom stereocenters. The Balaban J connectivity index is 0.989. The minimum absolute atomic E-state index is 0.314. The molecule has 0 amide bonds. The van der Waals surface area contributed by atoms with E-state index in [-0.39, 0.29) is 0 Å². The molecule has 5 aromatic carbocycles. The van der Waals surface area contributed by atoms with Crippen LogP contribution >= 0.6 is 11.3 Å². The van der Waals surface area contributed by atoms with Gasteiger partial charge in [-0.3, -0.25) is 0 Å². The minimum atomic E-state index is 0.314. The topological polar surface area (TPSA) is 8.17 Å². The van der Waals surface area contributed by atoms with Gasteiger partial charge in [-0.1, -0.05) is 134 Å². The summed E-state index contributed by atoms with van der Waals surface area (Å²) < 4.78 is 3.86. The molecule has 52 heavy (non-hydrogen) atoms. The highest BCUT2D eigenvalue weighted by Gasteiger charge is 2.41. The summed E-state index contributed by atoms with van der Waals surface area (Å²) in [6, 6.07) is 45.6. The number of thiophene rings is 1. The Labute approximate surface area is 308 Å². The first-order valence-electron chi connectivity index (χ1n) is 18.7. The number of benzene rings is 5. The molecule has 11 rings (SSSR count). The first-order valence-corrected chi connectivity index (χ1v) is 19.5. The van der Waals surface area contributed by atoms with Crippen LogP contribution in [0.4, 0.5) is 5.69 Å². The fourth-order valence-corrected chi connectivity index (χ4v) is 10.8. The number of nitrogens with zero attached hydrogens (tertiary/aromatic N) is 2. The molecule has 0 saturated heterocycles. The van der Waals surface area contributed by atoms with Crippen LogP contribution in [0, 0.1) is 0 Å². The maximum atomic E-state index is 2.74. The van der Waals surface area contributed by atoms with Crippen molar-refractivity contribution in [3.63, 3.8) is 0 Å². The van der Waals surface area contributed by atoms with Crippen LogP contribution < -0.4 is 15.5 Å². The molecular weight excluding hydrogens is 649 g/mol. The van der Waals surface area contributed by atoms with Crippen molar-refractivity contribution in [2.45, 2.75) is 43.7 Å². The van der Waals surface area contributed by atoms with Gasteiger partial charge in [-0.05, 0) is 82.5 Å². The Kier molecular flexibility index (Phi) is 6.75. The van der Waals surface area contributed by atoms with Gasteiger partial charge in [-0.15, -0.1) is 11.3 Å². The van der Waals surface area contributed by atoms with Gasteiger partial charge in [-0.2, -0.15) is 0 Å². The summed E-state index contributed by atoms with van der Waals surface area (Å²) in [4.78, 5) is 4.26. The van der Waals surface area contributed by atoms with Crippen molar-refractivity contribution in [3.05, 3.63) is 178 Å². The summed E-state index contributed by atoms with van der Waals surface area (Å²) in [7, 11) is 0. The Bertz CT molecular complexity index is 2790. The fraction of sp³-hybridized carbons (Fsp3) is 0.143. The van der Waals surface area contributed by atoms with Gasteiger partial charge >= 0.3 is 0 Å². The van der Waals surface area contributed by atoms with E-state index in [4.69, 9.17) is 0 Å². The SMILES string of the molecule is CC1c2sc3ccccc3c2C=CC1N1c2ccc(C3C=c4c(n(-c5cccc(-c6ccccc6)c5)c5ccccc45)=CC3)cc2C2=CC=CCC21.